The lowest BCUT2D eigenvalue weighted by molar-refractivity contribution is -0.0670. The first kappa shape index (κ1) is 13.0. The molecular weight excluding hydrogens is 184 g/mol. The SMILES string of the molecule is CCC(C)OC1CCCCC1C(C)CC. The molecule has 4 atom stereocenters. The van der Waals surface area contributed by atoms with E-state index in [1.54, 1.807) is 0 Å². The molecule has 1 aliphatic rings. The van der Waals surface area contributed by atoms with Crippen molar-refractivity contribution in [2.24, 2.45) is 11.8 Å². The van der Waals surface area contributed by atoms with Crippen molar-refractivity contribution in [1.82, 2.24) is 0 Å². The third kappa shape index (κ3) is 3.79. The average molecular weight is 212 g/mol. The van der Waals surface area contributed by atoms with Gasteiger partial charge in [0.25, 0.3) is 0 Å². The molecule has 0 amide bonds. The van der Waals surface area contributed by atoms with Gasteiger partial charge in [-0.05, 0) is 38.0 Å². The lowest BCUT2D eigenvalue weighted by Crippen LogP contribution is -2.34. The Bertz CT molecular complexity index is 167. The molecule has 0 bridgehead atoms. The number of ether oxygens (including phenoxy) is 1. The molecule has 15 heavy (non-hydrogen) atoms. The van der Waals surface area contributed by atoms with Crippen molar-refractivity contribution >= 4 is 0 Å². The zero-order chi connectivity index (χ0) is 11.3. The predicted octanol–water partition coefficient (Wildman–Crippen LogP) is 4.41. The Morgan fingerprint density at radius 2 is 1.73 bits per heavy atom. The Balaban J connectivity index is 2.49. The molecule has 1 fully saturated rings. The summed E-state index contributed by atoms with van der Waals surface area (Å²) in [6.45, 7) is 9.12. The molecule has 0 heterocycles. The molecule has 0 radical (unpaired) electrons. The van der Waals surface area contributed by atoms with Gasteiger partial charge in [0.1, 0.15) is 0 Å². The van der Waals surface area contributed by atoms with Crippen LogP contribution in [0, 0.1) is 11.8 Å². The third-order valence-electron chi connectivity index (χ3n) is 4.11. The van der Waals surface area contributed by atoms with E-state index < -0.39 is 0 Å². The van der Waals surface area contributed by atoms with Crippen LogP contribution in [0.4, 0.5) is 0 Å². The molecule has 1 saturated carbocycles. The van der Waals surface area contributed by atoms with Gasteiger partial charge in [0, 0.05) is 0 Å². The number of rotatable bonds is 5. The first-order chi connectivity index (χ1) is 7.19. The van der Waals surface area contributed by atoms with Gasteiger partial charge in [0.2, 0.25) is 0 Å². The van der Waals surface area contributed by atoms with Crippen LogP contribution in [-0.2, 0) is 4.74 Å². The van der Waals surface area contributed by atoms with Crippen LogP contribution >= 0.6 is 0 Å². The molecule has 0 aromatic rings. The quantitative estimate of drug-likeness (QED) is 0.656. The van der Waals surface area contributed by atoms with Gasteiger partial charge in [0.05, 0.1) is 12.2 Å². The summed E-state index contributed by atoms with van der Waals surface area (Å²) in [4.78, 5) is 0. The minimum Gasteiger partial charge on any atom is -0.375 e. The summed E-state index contributed by atoms with van der Waals surface area (Å²) < 4.78 is 6.18. The van der Waals surface area contributed by atoms with Gasteiger partial charge in [0.15, 0.2) is 0 Å². The Labute approximate surface area is 95.6 Å². The van der Waals surface area contributed by atoms with Crippen LogP contribution in [0.2, 0.25) is 0 Å². The molecule has 0 aliphatic heterocycles. The molecule has 1 rings (SSSR count). The zero-order valence-corrected chi connectivity index (χ0v) is 11.0. The average Bonchev–Trinajstić information content (AvgIpc) is 2.28. The molecule has 0 N–H and O–H groups in total. The first-order valence-corrected chi connectivity index (χ1v) is 6.84. The van der Waals surface area contributed by atoms with Crippen molar-refractivity contribution in [3.8, 4) is 0 Å². The zero-order valence-electron chi connectivity index (χ0n) is 11.0. The van der Waals surface area contributed by atoms with E-state index in [1.807, 2.05) is 0 Å². The molecule has 0 aromatic heterocycles. The Morgan fingerprint density at radius 3 is 2.33 bits per heavy atom. The van der Waals surface area contributed by atoms with Gasteiger partial charge in [-0.2, -0.15) is 0 Å². The van der Waals surface area contributed by atoms with Crippen LogP contribution in [0.25, 0.3) is 0 Å². The van der Waals surface area contributed by atoms with Crippen molar-refractivity contribution in [2.45, 2.75) is 78.4 Å². The molecule has 0 spiro atoms. The minimum absolute atomic E-state index is 0.444. The van der Waals surface area contributed by atoms with Crippen LogP contribution in [0.15, 0.2) is 0 Å². The van der Waals surface area contributed by atoms with Crippen LogP contribution in [0.5, 0.6) is 0 Å². The van der Waals surface area contributed by atoms with Gasteiger partial charge in [-0.3, -0.25) is 0 Å². The summed E-state index contributed by atoms with van der Waals surface area (Å²) in [5.41, 5.74) is 0. The van der Waals surface area contributed by atoms with E-state index in [2.05, 4.69) is 27.7 Å². The lowest BCUT2D eigenvalue weighted by Gasteiger charge is -2.36. The summed E-state index contributed by atoms with van der Waals surface area (Å²) >= 11 is 0. The van der Waals surface area contributed by atoms with Crippen molar-refractivity contribution < 1.29 is 4.74 Å². The smallest absolute Gasteiger partial charge is 0.0609 e. The van der Waals surface area contributed by atoms with E-state index in [4.69, 9.17) is 4.74 Å². The molecule has 1 nitrogen and oxygen atoms in total. The second-order valence-corrected chi connectivity index (χ2v) is 5.23. The Hall–Kier alpha value is -0.0400. The predicted molar refractivity (Wildman–Crippen MR) is 66.0 cm³/mol. The highest BCUT2D eigenvalue weighted by molar-refractivity contribution is 4.80. The summed E-state index contributed by atoms with van der Waals surface area (Å²) in [5.74, 6) is 1.65. The fourth-order valence-corrected chi connectivity index (χ4v) is 2.64. The molecule has 4 unspecified atom stereocenters. The molecule has 0 aromatic carbocycles. The highest BCUT2D eigenvalue weighted by atomic mass is 16.5. The maximum atomic E-state index is 6.18. The molecule has 90 valence electrons. The summed E-state index contributed by atoms with van der Waals surface area (Å²) in [6.07, 6.45) is 8.89. The van der Waals surface area contributed by atoms with Gasteiger partial charge >= 0.3 is 0 Å². The largest absolute Gasteiger partial charge is 0.375 e. The summed E-state index contributed by atoms with van der Waals surface area (Å²) in [7, 11) is 0. The fourth-order valence-electron chi connectivity index (χ4n) is 2.64. The maximum absolute atomic E-state index is 6.18. The number of hydrogen-bond donors (Lipinski definition) is 0. The van der Waals surface area contributed by atoms with Crippen LogP contribution in [0.3, 0.4) is 0 Å². The maximum Gasteiger partial charge on any atom is 0.0609 e. The first-order valence-electron chi connectivity index (χ1n) is 6.84. The van der Waals surface area contributed by atoms with Gasteiger partial charge in [-0.25, -0.2) is 0 Å². The Morgan fingerprint density at radius 1 is 1.07 bits per heavy atom. The number of hydrogen-bond acceptors (Lipinski definition) is 1. The van der Waals surface area contributed by atoms with Crippen LogP contribution < -0.4 is 0 Å². The van der Waals surface area contributed by atoms with Crippen LogP contribution in [-0.4, -0.2) is 12.2 Å². The van der Waals surface area contributed by atoms with Crippen molar-refractivity contribution in [1.29, 1.82) is 0 Å². The minimum atomic E-state index is 0.444. The van der Waals surface area contributed by atoms with Gasteiger partial charge in [-0.15, -0.1) is 0 Å². The molecular formula is C14H28O. The van der Waals surface area contributed by atoms with E-state index in [9.17, 15) is 0 Å². The van der Waals surface area contributed by atoms with E-state index in [-0.39, 0.29) is 0 Å². The second-order valence-electron chi connectivity index (χ2n) is 5.23. The fraction of sp³-hybridized carbons (Fsp3) is 1.00. The van der Waals surface area contributed by atoms with E-state index >= 15 is 0 Å². The second kappa shape index (κ2) is 6.52. The normalized spacial score (nSPS) is 31.2. The topological polar surface area (TPSA) is 9.23 Å². The summed E-state index contributed by atoms with van der Waals surface area (Å²) in [5, 5.41) is 0. The third-order valence-corrected chi connectivity index (χ3v) is 4.11. The van der Waals surface area contributed by atoms with Gasteiger partial charge < -0.3 is 4.74 Å². The van der Waals surface area contributed by atoms with Gasteiger partial charge in [-0.1, -0.05) is 40.0 Å². The molecule has 1 aliphatic carbocycles. The lowest BCUT2D eigenvalue weighted by atomic mass is 9.77. The van der Waals surface area contributed by atoms with E-state index in [1.165, 1.54) is 32.1 Å². The van der Waals surface area contributed by atoms with E-state index in [0.29, 0.717) is 12.2 Å². The summed E-state index contributed by atoms with van der Waals surface area (Å²) in [6, 6.07) is 0. The monoisotopic (exact) mass is 212 g/mol. The standard InChI is InChI=1S/C14H28O/c1-5-11(3)13-9-7-8-10-14(13)15-12(4)6-2/h11-14H,5-10H2,1-4H3. The highest BCUT2D eigenvalue weighted by Gasteiger charge is 2.30. The van der Waals surface area contributed by atoms with Crippen molar-refractivity contribution in [3.63, 3.8) is 0 Å². The van der Waals surface area contributed by atoms with E-state index in [0.717, 1.165) is 18.3 Å². The molecule has 0 saturated heterocycles. The van der Waals surface area contributed by atoms with Crippen LogP contribution in [0.1, 0.15) is 66.2 Å². The Kier molecular flexibility index (Phi) is 5.66. The van der Waals surface area contributed by atoms with Crippen molar-refractivity contribution in [3.05, 3.63) is 0 Å². The molecule has 1 heteroatoms. The van der Waals surface area contributed by atoms with Crippen molar-refractivity contribution in [2.75, 3.05) is 0 Å². The highest BCUT2D eigenvalue weighted by Crippen LogP contribution is 2.34.